The Hall–Kier alpha value is -1.99. The molecule has 0 spiro atoms. The van der Waals surface area contributed by atoms with E-state index in [9.17, 15) is 14.9 Å². The van der Waals surface area contributed by atoms with Crippen molar-refractivity contribution in [2.45, 2.75) is 25.8 Å². The largest absolute Gasteiger partial charge is 0.477 e. The van der Waals surface area contributed by atoms with Crippen molar-refractivity contribution in [3.8, 4) is 0 Å². The van der Waals surface area contributed by atoms with Crippen LogP contribution in [0, 0.1) is 10.1 Å². The molecule has 0 saturated carbocycles. The molecule has 7 heteroatoms. The molecule has 7 nitrogen and oxygen atoms in total. The van der Waals surface area contributed by atoms with Crippen LogP contribution in [0.5, 0.6) is 0 Å². The Morgan fingerprint density at radius 3 is 2.76 bits per heavy atom. The molecule has 1 aromatic rings. The van der Waals surface area contributed by atoms with E-state index in [4.69, 9.17) is 9.84 Å². The first-order valence-corrected chi connectivity index (χ1v) is 6.77. The molecule has 0 fully saturated rings. The number of aromatic carboxylic acids is 1. The molecule has 0 amide bonds. The summed E-state index contributed by atoms with van der Waals surface area (Å²) in [4.78, 5) is 21.4. The summed E-state index contributed by atoms with van der Waals surface area (Å²) in [6.07, 6.45) is 2.94. The quantitative estimate of drug-likeness (QED) is 0.390. The number of nitro benzene ring substituents is 1. The molecular formula is C14H20N2O5. The van der Waals surface area contributed by atoms with Crippen molar-refractivity contribution in [3.63, 3.8) is 0 Å². The predicted molar refractivity (Wildman–Crippen MR) is 77.5 cm³/mol. The Bertz CT molecular complexity index is 490. The van der Waals surface area contributed by atoms with Gasteiger partial charge >= 0.3 is 5.97 Å². The number of nitrogens with one attached hydrogen (secondary N) is 1. The molecule has 0 heterocycles. The molecular weight excluding hydrogens is 276 g/mol. The number of hydrogen-bond acceptors (Lipinski definition) is 5. The van der Waals surface area contributed by atoms with Gasteiger partial charge in [0.25, 0.3) is 5.69 Å². The summed E-state index contributed by atoms with van der Waals surface area (Å²) >= 11 is 0. The fraction of sp³-hybridized carbons (Fsp3) is 0.500. The molecule has 0 radical (unpaired) electrons. The minimum atomic E-state index is -1.28. The number of ether oxygens (including phenoxy) is 1. The van der Waals surface area contributed by atoms with Crippen LogP contribution in [-0.2, 0) is 11.3 Å². The summed E-state index contributed by atoms with van der Waals surface area (Å²) in [5.41, 5.74) is -0.190. The van der Waals surface area contributed by atoms with Gasteiger partial charge in [0.2, 0.25) is 0 Å². The maximum atomic E-state index is 11.2. The van der Waals surface area contributed by atoms with Gasteiger partial charge in [0.05, 0.1) is 4.92 Å². The number of rotatable bonds is 10. The van der Waals surface area contributed by atoms with Crippen LogP contribution in [0.3, 0.4) is 0 Å². The van der Waals surface area contributed by atoms with E-state index in [2.05, 4.69) is 5.32 Å². The highest BCUT2D eigenvalue weighted by molar-refractivity contribution is 5.94. The zero-order valence-electron chi connectivity index (χ0n) is 12.0. The first-order valence-electron chi connectivity index (χ1n) is 6.77. The lowest BCUT2D eigenvalue weighted by atomic mass is 10.1. The van der Waals surface area contributed by atoms with Gasteiger partial charge in [-0.1, -0.05) is 12.1 Å². The second-order valence-corrected chi connectivity index (χ2v) is 4.60. The molecule has 2 N–H and O–H groups in total. The van der Waals surface area contributed by atoms with Gasteiger partial charge in [-0.2, -0.15) is 0 Å². The van der Waals surface area contributed by atoms with E-state index in [-0.39, 0.29) is 11.3 Å². The minimum absolute atomic E-state index is 0.241. The monoisotopic (exact) mass is 296 g/mol. The number of carboxylic acid groups (broad SMARTS) is 1. The third kappa shape index (κ3) is 5.49. The van der Waals surface area contributed by atoms with Crippen molar-refractivity contribution in [2.24, 2.45) is 0 Å². The average Bonchev–Trinajstić information content (AvgIpc) is 2.45. The Balaban J connectivity index is 2.57. The van der Waals surface area contributed by atoms with Crippen molar-refractivity contribution in [1.82, 2.24) is 5.32 Å². The van der Waals surface area contributed by atoms with Crippen LogP contribution in [0.1, 0.15) is 35.2 Å². The van der Waals surface area contributed by atoms with Gasteiger partial charge in [0.1, 0.15) is 5.56 Å². The van der Waals surface area contributed by atoms with Crippen molar-refractivity contribution < 1.29 is 19.6 Å². The number of nitrogens with zero attached hydrogens (tertiary/aromatic N) is 1. The van der Waals surface area contributed by atoms with Gasteiger partial charge in [0.15, 0.2) is 0 Å². The van der Waals surface area contributed by atoms with Crippen molar-refractivity contribution in [3.05, 3.63) is 39.4 Å². The number of unbranched alkanes of at least 4 members (excludes halogenated alkanes) is 2. The maximum absolute atomic E-state index is 11.2. The number of carboxylic acids is 1. The van der Waals surface area contributed by atoms with Crippen LogP contribution in [0.4, 0.5) is 5.69 Å². The van der Waals surface area contributed by atoms with E-state index < -0.39 is 10.9 Å². The van der Waals surface area contributed by atoms with Crippen molar-refractivity contribution in [1.29, 1.82) is 0 Å². The lowest BCUT2D eigenvalue weighted by molar-refractivity contribution is -0.385. The zero-order valence-corrected chi connectivity index (χ0v) is 12.0. The van der Waals surface area contributed by atoms with Gasteiger partial charge in [0, 0.05) is 26.3 Å². The third-order valence-corrected chi connectivity index (χ3v) is 3.06. The molecule has 116 valence electrons. The van der Waals surface area contributed by atoms with Crippen LogP contribution in [0.2, 0.25) is 0 Å². The van der Waals surface area contributed by atoms with Crippen LogP contribution < -0.4 is 5.32 Å². The first kappa shape index (κ1) is 17.1. The van der Waals surface area contributed by atoms with E-state index in [1.807, 2.05) is 0 Å². The number of benzene rings is 1. The van der Waals surface area contributed by atoms with E-state index in [0.29, 0.717) is 12.1 Å². The summed E-state index contributed by atoms with van der Waals surface area (Å²) in [5, 5.41) is 23.1. The molecule has 1 aromatic carbocycles. The summed E-state index contributed by atoms with van der Waals surface area (Å²) in [5.74, 6) is -1.28. The molecule has 0 aliphatic carbocycles. The van der Waals surface area contributed by atoms with Crippen molar-refractivity contribution in [2.75, 3.05) is 20.3 Å². The Morgan fingerprint density at radius 2 is 2.14 bits per heavy atom. The van der Waals surface area contributed by atoms with E-state index in [0.717, 1.165) is 32.4 Å². The number of methoxy groups -OCH3 is 1. The molecule has 0 aliphatic heterocycles. The minimum Gasteiger partial charge on any atom is -0.477 e. The van der Waals surface area contributed by atoms with Crippen LogP contribution in [-0.4, -0.2) is 36.3 Å². The van der Waals surface area contributed by atoms with Gasteiger partial charge in [-0.25, -0.2) is 4.79 Å². The highest BCUT2D eigenvalue weighted by Crippen LogP contribution is 2.22. The fourth-order valence-electron chi connectivity index (χ4n) is 2.03. The van der Waals surface area contributed by atoms with Crippen LogP contribution in [0.25, 0.3) is 0 Å². The van der Waals surface area contributed by atoms with Crippen molar-refractivity contribution >= 4 is 11.7 Å². The summed E-state index contributed by atoms with van der Waals surface area (Å²) < 4.78 is 4.95. The first-order chi connectivity index (χ1) is 10.1. The Morgan fingerprint density at radius 1 is 1.38 bits per heavy atom. The lowest BCUT2D eigenvalue weighted by Crippen LogP contribution is -2.18. The topological polar surface area (TPSA) is 102 Å². The van der Waals surface area contributed by atoms with E-state index in [1.165, 1.54) is 12.1 Å². The normalized spacial score (nSPS) is 10.5. The second kappa shape index (κ2) is 9.04. The highest BCUT2D eigenvalue weighted by atomic mass is 16.6. The lowest BCUT2D eigenvalue weighted by Gasteiger charge is -2.08. The van der Waals surface area contributed by atoms with Crippen LogP contribution in [0.15, 0.2) is 18.2 Å². The Labute approximate surface area is 123 Å². The van der Waals surface area contributed by atoms with Gasteiger partial charge in [-0.3, -0.25) is 10.1 Å². The number of hydrogen-bond donors (Lipinski definition) is 2. The van der Waals surface area contributed by atoms with Gasteiger partial charge in [-0.15, -0.1) is 0 Å². The number of carbonyl (C=O) groups is 1. The molecule has 0 aromatic heterocycles. The van der Waals surface area contributed by atoms with Gasteiger partial charge in [-0.05, 0) is 31.4 Å². The summed E-state index contributed by atoms with van der Waals surface area (Å²) in [7, 11) is 1.66. The average molecular weight is 296 g/mol. The van der Waals surface area contributed by atoms with Crippen LogP contribution >= 0.6 is 0 Å². The maximum Gasteiger partial charge on any atom is 0.343 e. The Kier molecular flexibility index (Phi) is 7.34. The summed E-state index contributed by atoms with van der Waals surface area (Å²) in [6, 6.07) is 4.30. The molecule has 0 atom stereocenters. The van der Waals surface area contributed by atoms with E-state index >= 15 is 0 Å². The highest BCUT2D eigenvalue weighted by Gasteiger charge is 2.22. The standard InChI is InChI=1S/C14H20N2O5/c1-21-9-4-2-3-8-15-10-11-6-5-7-12(16(19)20)13(11)14(17)18/h5-7,15H,2-4,8-10H2,1H3,(H,17,18). The summed E-state index contributed by atoms with van der Waals surface area (Å²) in [6.45, 7) is 1.76. The SMILES string of the molecule is COCCCCCNCc1cccc([N+](=O)[O-])c1C(=O)O. The second-order valence-electron chi connectivity index (χ2n) is 4.60. The number of nitro groups is 1. The molecule has 0 bridgehead atoms. The fourth-order valence-corrected chi connectivity index (χ4v) is 2.03. The third-order valence-electron chi connectivity index (χ3n) is 3.06. The predicted octanol–water partition coefficient (Wildman–Crippen LogP) is 2.20. The van der Waals surface area contributed by atoms with E-state index in [1.54, 1.807) is 13.2 Å². The van der Waals surface area contributed by atoms with Gasteiger partial charge < -0.3 is 15.2 Å². The molecule has 21 heavy (non-hydrogen) atoms. The smallest absolute Gasteiger partial charge is 0.343 e. The molecule has 0 aliphatic rings. The molecule has 1 rings (SSSR count). The molecule has 0 saturated heterocycles. The zero-order chi connectivity index (χ0) is 15.7. The molecule has 0 unspecified atom stereocenters.